The minimum Gasteiger partial charge on any atom is -0.488 e. The fraction of sp³-hybridized carbons (Fsp3) is 0.533. The molecule has 0 atom stereocenters. The van der Waals surface area contributed by atoms with Gasteiger partial charge in [-0.05, 0) is 24.1 Å². The SMILES string of the molecule is COC(=O)CCCOc1c(F)cc(CNC(C)C)cc1F. The Labute approximate surface area is 123 Å². The van der Waals surface area contributed by atoms with Crippen LogP contribution in [0.5, 0.6) is 5.75 Å². The van der Waals surface area contributed by atoms with Crippen LogP contribution >= 0.6 is 0 Å². The van der Waals surface area contributed by atoms with E-state index in [1.165, 1.54) is 19.2 Å². The van der Waals surface area contributed by atoms with Crippen LogP contribution in [0, 0.1) is 11.6 Å². The molecule has 21 heavy (non-hydrogen) atoms. The molecular formula is C15H21F2NO3. The summed E-state index contributed by atoms with van der Waals surface area (Å²) in [7, 11) is 1.28. The molecule has 1 N–H and O–H groups in total. The first-order chi connectivity index (χ1) is 9.93. The molecule has 0 unspecified atom stereocenters. The first-order valence-corrected chi connectivity index (χ1v) is 6.85. The van der Waals surface area contributed by atoms with Gasteiger partial charge in [-0.25, -0.2) is 8.78 Å². The number of methoxy groups -OCH3 is 1. The highest BCUT2D eigenvalue weighted by Crippen LogP contribution is 2.23. The van der Waals surface area contributed by atoms with E-state index in [0.29, 0.717) is 18.5 Å². The summed E-state index contributed by atoms with van der Waals surface area (Å²) in [6.07, 6.45) is 0.484. The number of halogens is 2. The summed E-state index contributed by atoms with van der Waals surface area (Å²) in [5.74, 6) is -2.27. The smallest absolute Gasteiger partial charge is 0.305 e. The highest BCUT2D eigenvalue weighted by molar-refractivity contribution is 5.69. The molecular weight excluding hydrogens is 280 g/mol. The van der Waals surface area contributed by atoms with Crippen molar-refractivity contribution in [3.8, 4) is 5.75 Å². The molecule has 6 heteroatoms. The molecule has 0 aliphatic heterocycles. The van der Waals surface area contributed by atoms with E-state index in [0.717, 1.165) is 0 Å². The third-order valence-corrected chi connectivity index (χ3v) is 2.77. The number of carbonyl (C=O) groups excluding carboxylic acids is 1. The third kappa shape index (κ3) is 6.08. The molecule has 118 valence electrons. The van der Waals surface area contributed by atoms with Crippen molar-refractivity contribution in [1.29, 1.82) is 0 Å². The summed E-state index contributed by atoms with van der Waals surface area (Å²) in [6.45, 7) is 4.33. The zero-order valence-electron chi connectivity index (χ0n) is 12.5. The minimum absolute atomic E-state index is 0.0481. The summed E-state index contributed by atoms with van der Waals surface area (Å²) in [5, 5.41) is 3.08. The number of benzene rings is 1. The third-order valence-electron chi connectivity index (χ3n) is 2.77. The van der Waals surface area contributed by atoms with E-state index in [4.69, 9.17) is 4.74 Å². The normalized spacial score (nSPS) is 10.8. The van der Waals surface area contributed by atoms with Crippen molar-refractivity contribution in [2.45, 2.75) is 39.3 Å². The predicted molar refractivity (Wildman–Crippen MR) is 75.1 cm³/mol. The van der Waals surface area contributed by atoms with E-state index in [1.807, 2.05) is 13.8 Å². The summed E-state index contributed by atoms with van der Waals surface area (Å²) in [5.41, 5.74) is 0.514. The van der Waals surface area contributed by atoms with Gasteiger partial charge in [0.2, 0.25) is 0 Å². The van der Waals surface area contributed by atoms with Gasteiger partial charge in [0, 0.05) is 19.0 Å². The van der Waals surface area contributed by atoms with Gasteiger partial charge >= 0.3 is 5.97 Å². The molecule has 0 saturated carbocycles. The molecule has 0 amide bonds. The van der Waals surface area contributed by atoms with Crippen molar-refractivity contribution in [3.63, 3.8) is 0 Å². The second-order valence-corrected chi connectivity index (χ2v) is 4.95. The number of nitrogens with one attached hydrogen (secondary N) is 1. The Hall–Kier alpha value is -1.69. The lowest BCUT2D eigenvalue weighted by atomic mass is 10.2. The van der Waals surface area contributed by atoms with Crippen LogP contribution in [0.4, 0.5) is 8.78 Å². The van der Waals surface area contributed by atoms with Crippen LogP contribution in [0.25, 0.3) is 0 Å². The van der Waals surface area contributed by atoms with Crippen molar-refractivity contribution in [3.05, 3.63) is 29.3 Å². The topological polar surface area (TPSA) is 47.6 Å². The molecule has 4 nitrogen and oxygen atoms in total. The zero-order chi connectivity index (χ0) is 15.8. The molecule has 0 aromatic heterocycles. The molecule has 0 spiro atoms. The maximum Gasteiger partial charge on any atom is 0.305 e. The first-order valence-electron chi connectivity index (χ1n) is 6.85. The van der Waals surface area contributed by atoms with Crippen LogP contribution in [-0.4, -0.2) is 25.7 Å². The summed E-state index contributed by atoms with van der Waals surface area (Å²) >= 11 is 0. The Kier molecular flexibility index (Phi) is 7.08. The van der Waals surface area contributed by atoms with Gasteiger partial charge in [-0.15, -0.1) is 0 Å². The standard InChI is InChI=1S/C15H21F2NO3/c1-10(2)18-9-11-7-12(16)15(13(17)8-11)21-6-4-5-14(19)20-3/h7-8,10,18H,4-6,9H2,1-3H3. The number of esters is 1. The lowest BCUT2D eigenvalue weighted by Gasteiger charge is -2.12. The van der Waals surface area contributed by atoms with Gasteiger partial charge in [-0.3, -0.25) is 4.79 Å². The highest BCUT2D eigenvalue weighted by atomic mass is 19.1. The minimum atomic E-state index is -0.742. The van der Waals surface area contributed by atoms with Crippen molar-refractivity contribution in [2.24, 2.45) is 0 Å². The molecule has 0 heterocycles. The van der Waals surface area contributed by atoms with E-state index in [9.17, 15) is 13.6 Å². The van der Waals surface area contributed by atoms with Crippen molar-refractivity contribution < 1.29 is 23.0 Å². The highest BCUT2D eigenvalue weighted by Gasteiger charge is 2.13. The Morgan fingerprint density at radius 2 is 1.90 bits per heavy atom. The molecule has 0 saturated heterocycles. The fourth-order valence-electron chi connectivity index (χ4n) is 1.67. The van der Waals surface area contributed by atoms with Crippen LogP contribution in [0.2, 0.25) is 0 Å². The first kappa shape index (κ1) is 17.4. The molecule has 0 bridgehead atoms. The van der Waals surface area contributed by atoms with Crippen molar-refractivity contribution in [2.75, 3.05) is 13.7 Å². The van der Waals surface area contributed by atoms with E-state index in [2.05, 4.69) is 10.1 Å². The van der Waals surface area contributed by atoms with E-state index < -0.39 is 17.4 Å². The Morgan fingerprint density at radius 1 is 1.29 bits per heavy atom. The largest absolute Gasteiger partial charge is 0.488 e. The van der Waals surface area contributed by atoms with E-state index in [-0.39, 0.29) is 25.0 Å². The van der Waals surface area contributed by atoms with Crippen LogP contribution in [0.3, 0.4) is 0 Å². The van der Waals surface area contributed by atoms with Crippen molar-refractivity contribution >= 4 is 5.97 Å². The van der Waals surface area contributed by atoms with Gasteiger partial charge in [0.1, 0.15) is 0 Å². The molecule has 0 radical (unpaired) electrons. The van der Waals surface area contributed by atoms with Crippen LogP contribution in [-0.2, 0) is 16.1 Å². The van der Waals surface area contributed by atoms with E-state index in [1.54, 1.807) is 0 Å². The van der Waals surface area contributed by atoms with Crippen molar-refractivity contribution in [1.82, 2.24) is 5.32 Å². The number of hydrogen-bond donors (Lipinski definition) is 1. The van der Waals surface area contributed by atoms with Gasteiger partial charge in [0.05, 0.1) is 13.7 Å². The monoisotopic (exact) mass is 301 g/mol. The lowest BCUT2D eigenvalue weighted by molar-refractivity contribution is -0.140. The van der Waals surface area contributed by atoms with E-state index >= 15 is 0 Å². The number of rotatable bonds is 8. The average molecular weight is 301 g/mol. The van der Waals surface area contributed by atoms with Gasteiger partial charge in [0.25, 0.3) is 0 Å². The second kappa shape index (κ2) is 8.56. The predicted octanol–water partition coefficient (Wildman–Crippen LogP) is 2.79. The Bertz CT molecular complexity index is 455. The van der Waals surface area contributed by atoms with Gasteiger partial charge in [-0.2, -0.15) is 0 Å². The maximum absolute atomic E-state index is 13.8. The quantitative estimate of drug-likeness (QED) is 0.592. The molecule has 1 aromatic carbocycles. The zero-order valence-corrected chi connectivity index (χ0v) is 12.5. The summed E-state index contributed by atoms with van der Waals surface area (Å²) in [4.78, 5) is 10.9. The lowest BCUT2D eigenvalue weighted by Crippen LogP contribution is -2.22. The van der Waals surface area contributed by atoms with Gasteiger partial charge in [0.15, 0.2) is 17.4 Å². The Morgan fingerprint density at radius 3 is 2.43 bits per heavy atom. The average Bonchev–Trinajstić information content (AvgIpc) is 2.43. The number of hydrogen-bond acceptors (Lipinski definition) is 4. The van der Waals surface area contributed by atoms with Crippen LogP contribution in [0.15, 0.2) is 12.1 Å². The van der Waals surface area contributed by atoms with Crippen LogP contribution < -0.4 is 10.1 Å². The van der Waals surface area contributed by atoms with Gasteiger partial charge < -0.3 is 14.8 Å². The molecule has 0 aliphatic rings. The molecule has 1 aromatic rings. The molecule has 0 aliphatic carbocycles. The maximum atomic E-state index is 13.8. The second-order valence-electron chi connectivity index (χ2n) is 4.95. The van der Waals surface area contributed by atoms with Gasteiger partial charge in [-0.1, -0.05) is 13.8 Å². The Balaban J connectivity index is 2.57. The number of ether oxygens (including phenoxy) is 2. The number of carbonyl (C=O) groups is 1. The van der Waals surface area contributed by atoms with Crippen LogP contribution in [0.1, 0.15) is 32.3 Å². The fourth-order valence-corrected chi connectivity index (χ4v) is 1.67. The summed E-state index contributed by atoms with van der Waals surface area (Å²) < 4.78 is 37.1. The molecule has 1 rings (SSSR count). The summed E-state index contributed by atoms with van der Waals surface area (Å²) in [6, 6.07) is 2.72. The molecule has 0 fully saturated rings.